The zero-order chi connectivity index (χ0) is 16.1. The van der Waals surface area contributed by atoms with Crippen molar-refractivity contribution in [1.82, 2.24) is 5.32 Å². The summed E-state index contributed by atoms with van der Waals surface area (Å²) in [7, 11) is 0. The van der Waals surface area contributed by atoms with E-state index in [1.807, 2.05) is 25.1 Å². The van der Waals surface area contributed by atoms with E-state index < -0.39 is 5.63 Å². The van der Waals surface area contributed by atoms with Gasteiger partial charge in [0.2, 0.25) is 11.7 Å². The van der Waals surface area contributed by atoms with Gasteiger partial charge in [0.15, 0.2) is 0 Å². The summed E-state index contributed by atoms with van der Waals surface area (Å²) in [5.74, 6) is 0.0475. The van der Waals surface area contributed by atoms with E-state index in [9.17, 15) is 9.59 Å². The second kappa shape index (κ2) is 6.93. The molecule has 1 amide bonds. The van der Waals surface area contributed by atoms with Crippen LogP contribution in [-0.2, 0) is 4.79 Å². The van der Waals surface area contributed by atoms with Crippen LogP contribution in [-0.4, -0.2) is 19.1 Å². The second-order valence-corrected chi connectivity index (χ2v) is 5.08. The lowest BCUT2D eigenvalue weighted by Crippen LogP contribution is -2.26. The molecule has 0 radical (unpaired) electrons. The van der Waals surface area contributed by atoms with E-state index in [2.05, 4.69) is 11.9 Å². The summed E-state index contributed by atoms with van der Waals surface area (Å²) in [5.41, 5.74) is 1.29. The Morgan fingerprint density at radius 3 is 2.82 bits per heavy atom. The van der Waals surface area contributed by atoms with Gasteiger partial charge in [-0.3, -0.25) is 4.79 Å². The number of fused-ring (bicyclic) bond motifs is 1. The smallest absolute Gasteiger partial charge is 0.379 e. The van der Waals surface area contributed by atoms with Crippen LogP contribution < -0.4 is 15.7 Å². The Kier molecular flexibility index (Phi) is 4.99. The number of ether oxygens (including phenoxy) is 1. The van der Waals surface area contributed by atoms with Crippen LogP contribution in [0.1, 0.15) is 18.9 Å². The van der Waals surface area contributed by atoms with Gasteiger partial charge in [0.05, 0.1) is 6.61 Å². The molecule has 0 aliphatic heterocycles. The molecule has 2 aromatic rings. The van der Waals surface area contributed by atoms with Gasteiger partial charge in [-0.25, -0.2) is 4.79 Å². The SMILES string of the molecule is C=C(C)C(=O)NCCCOc1c(C)c2ccccc2oc1=O. The molecule has 5 heteroatoms. The Morgan fingerprint density at radius 2 is 2.09 bits per heavy atom. The highest BCUT2D eigenvalue weighted by Gasteiger charge is 2.12. The zero-order valence-corrected chi connectivity index (χ0v) is 12.8. The Balaban J connectivity index is 1.99. The van der Waals surface area contributed by atoms with Gasteiger partial charge in [-0.15, -0.1) is 0 Å². The first-order valence-electron chi connectivity index (χ1n) is 7.09. The van der Waals surface area contributed by atoms with Crippen molar-refractivity contribution < 1.29 is 13.9 Å². The van der Waals surface area contributed by atoms with Crippen molar-refractivity contribution in [3.05, 3.63) is 52.4 Å². The molecule has 0 bridgehead atoms. The third-order valence-corrected chi connectivity index (χ3v) is 3.26. The number of benzene rings is 1. The fourth-order valence-corrected chi connectivity index (χ4v) is 2.05. The molecule has 0 atom stereocenters. The monoisotopic (exact) mass is 301 g/mol. The molecule has 1 N–H and O–H groups in total. The van der Waals surface area contributed by atoms with Crippen LogP contribution in [0.2, 0.25) is 0 Å². The normalized spacial score (nSPS) is 10.5. The van der Waals surface area contributed by atoms with E-state index in [0.717, 1.165) is 10.9 Å². The average Bonchev–Trinajstić information content (AvgIpc) is 2.49. The van der Waals surface area contributed by atoms with Crippen LogP contribution in [0, 0.1) is 6.92 Å². The minimum atomic E-state index is -0.484. The van der Waals surface area contributed by atoms with Crippen molar-refractivity contribution in [2.24, 2.45) is 0 Å². The summed E-state index contributed by atoms with van der Waals surface area (Å²) in [6.07, 6.45) is 0.588. The minimum absolute atomic E-state index is 0.179. The topological polar surface area (TPSA) is 68.5 Å². The maximum absolute atomic E-state index is 11.9. The summed E-state index contributed by atoms with van der Waals surface area (Å²) >= 11 is 0. The van der Waals surface area contributed by atoms with Crippen molar-refractivity contribution in [1.29, 1.82) is 0 Å². The van der Waals surface area contributed by atoms with Gasteiger partial charge in [0.25, 0.3) is 0 Å². The molecule has 2 rings (SSSR count). The van der Waals surface area contributed by atoms with Crippen LogP contribution in [0.15, 0.2) is 45.6 Å². The zero-order valence-electron chi connectivity index (χ0n) is 12.8. The lowest BCUT2D eigenvalue weighted by Gasteiger charge is -2.10. The molecule has 22 heavy (non-hydrogen) atoms. The van der Waals surface area contributed by atoms with Gasteiger partial charge in [0, 0.05) is 23.1 Å². The molecule has 0 saturated carbocycles. The highest BCUT2D eigenvalue weighted by molar-refractivity contribution is 5.92. The average molecular weight is 301 g/mol. The first-order valence-corrected chi connectivity index (χ1v) is 7.09. The van der Waals surface area contributed by atoms with Gasteiger partial charge in [-0.2, -0.15) is 0 Å². The minimum Gasteiger partial charge on any atom is -0.486 e. The number of para-hydroxylation sites is 1. The van der Waals surface area contributed by atoms with Gasteiger partial charge < -0.3 is 14.5 Å². The van der Waals surface area contributed by atoms with Crippen molar-refractivity contribution in [3.63, 3.8) is 0 Å². The summed E-state index contributed by atoms with van der Waals surface area (Å²) in [6, 6.07) is 7.33. The van der Waals surface area contributed by atoms with E-state index in [4.69, 9.17) is 9.15 Å². The Hall–Kier alpha value is -2.56. The Morgan fingerprint density at radius 1 is 1.36 bits per heavy atom. The first kappa shape index (κ1) is 15.8. The molecular weight excluding hydrogens is 282 g/mol. The maximum atomic E-state index is 11.9. The van der Waals surface area contributed by atoms with Gasteiger partial charge in [-0.05, 0) is 26.3 Å². The molecule has 0 fully saturated rings. The van der Waals surface area contributed by atoms with E-state index in [1.54, 1.807) is 13.0 Å². The fraction of sp³-hybridized carbons (Fsp3) is 0.294. The van der Waals surface area contributed by atoms with Gasteiger partial charge in [-0.1, -0.05) is 24.8 Å². The predicted molar refractivity (Wildman–Crippen MR) is 85.2 cm³/mol. The van der Waals surface area contributed by atoms with Gasteiger partial charge >= 0.3 is 5.63 Å². The number of aryl methyl sites for hydroxylation is 1. The van der Waals surface area contributed by atoms with Crippen molar-refractivity contribution in [2.75, 3.05) is 13.2 Å². The van der Waals surface area contributed by atoms with E-state index in [1.165, 1.54) is 0 Å². The molecular formula is C17H19NO4. The number of hydrogen-bond donors (Lipinski definition) is 1. The number of nitrogens with one attached hydrogen (secondary N) is 1. The molecule has 0 aliphatic rings. The van der Waals surface area contributed by atoms with Crippen LogP contribution in [0.3, 0.4) is 0 Å². The van der Waals surface area contributed by atoms with Crippen LogP contribution >= 0.6 is 0 Å². The third kappa shape index (κ3) is 3.55. The first-order chi connectivity index (χ1) is 10.5. The molecule has 0 spiro atoms. The number of carbonyl (C=O) groups is 1. The summed E-state index contributed by atoms with van der Waals surface area (Å²) in [6.45, 7) is 7.82. The van der Waals surface area contributed by atoms with E-state index in [-0.39, 0.29) is 11.7 Å². The standard InChI is InChI=1S/C17H19NO4/c1-11(2)16(19)18-9-6-10-21-15-12(3)13-7-4-5-8-14(13)22-17(15)20/h4-5,7-8H,1,6,9-10H2,2-3H3,(H,18,19). The molecule has 1 aromatic carbocycles. The van der Waals surface area contributed by atoms with Crippen LogP contribution in [0.25, 0.3) is 11.0 Å². The lowest BCUT2D eigenvalue weighted by atomic mass is 10.1. The van der Waals surface area contributed by atoms with E-state index in [0.29, 0.717) is 30.7 Å². The number of hydrogen-bond acceptors (Lipinski definition) is 4. The third-order valence-electron chi connectivity index (χ3n) is 3.26. The molecule has 0 saturated heterocycles. The molecule has 1 aromatic heterocycles. The molecule has 0 aliphatic carbocycles. The number of carbonyl (C=O) groups excluding carboxylic acids is 1. The Labute approximate surface area is 128 Å². The number of amides is 1. The summed E-state index contributed by atoms with van der Waals surface area (Å²) in [5, 5.41) is 3.56. The highest BCUT2D eigenvalue weighted by Crippen LogP contribution is 2.23. The maximum Gasteiger partial charge on any atom is 0.379 e. The second-order valence-electron chi connectivity index (χ2n) is 5.08. The molecule has 116 valence electrons. The van der Waals surface area contributed by atoms with Crippen LogP contribution in [0.5, 0.6) is 5.75 Å². The van der Waals surface area contributed by atoms with E-state index >= 15 is 0 Å². The van der Waals surface area contributed by atoms with Crippen molar-refractivity contribution in [3.8, 4) is 5.75 Å². The predicted octanol–water partition coefficient (Wildman–Crippen LogP) is 2.56. The van der Waals surface area contributed by atoms with Crippen molar-refractivity contribution in [2.45, 2.75) is 20.3 Å². The fourth-order valence-electron chi connectivity index (χ4n) is 2.05. The van der Waals surface area contributed by atoms with Crippen LogP contribution in [0.4, 0.5) is 0 Å². The lowest BCUT2D eigenvalue weighted by molar-refractivity contribution is -0.117. The summed E-state index contributed by atoms with van der Waals surface area (Å²) < 4.78 is 10.8. The van der Waals surface area contributed by atoms with Crippen molar-refractivity contribution >= 4 is 16.9 Å². The Bertz CT molecular complexity index is 761. The largest absolute Gasteiger partial charge is 0.486 e. The summed E-state index contributed by atoms with van der Waals surface area (Å²) in [4.78, 5) is 23.3. The molecule has 5 nitrogen and oxygen atoms in total. The quantitative estimate of drug-likeness (QED) is 0.506. The molecule has 0 unspecified atom stereocenters. The van der Waals surface area contributed by atoms with Gasteiger partial charge in [0.1, 0.15) is 5.58 Å². The number of rotatable bonds is 6. The molecule has 1 heterocycles. The highest BCUT2D eigenvalue weighted by atomic mass is 16.5.